The molecule has 0 aliphatic carbocycles. The number of nitrogens with zero attached hydrogens (tertiary/aromatic N) is 4. The third-order valence-corrected chi connectivity index (χ3v) is 3.29. The third-order valence-electron chi connectivity index (χ3n) is 3.29. The van der Waals surface area contributed by atoms with Crippen LogP contribution in [0.25, 0.3) is 11.3 Å². The van der Waals surface area contributed by atoms with E-state index in [0.717, 1.165) is 17.1 Å². The molecule has 0 saturated carbocycles. The van der Waals surface area contributed by atoms with Gasteiger partial charge in [0.1, 0.15) is 5.82 Å². The zero-order valence-electron chi connectivity index (χ0n) is 11.7. The Kier molecular flexibility index (Phi) is 2.89. The van der Waals surface area contributed by atoms with Crippen molar-refractivity contribution in [3.05, 3.63) is 58.4 Å². The van der Waals surface area contributed by atoms with Gasteiger partial charge < -0.3 is 0 Å². The first-order valence-electron chi connectivity index (χ1n) is 6.61. The first-order chi connectivity index (χ1) is 9.58. The van der Waals surface area contributed by atoms with E-state index in [1.807, 2.05) is 51.2 Å². The van der Waals surface area contributed by atoms with Gasteiger partial charge in [-0.3, -0.25) is 13.8 Å². The molecule has 0 aliphatic heterocycles. The summed E-state index contributed by atoms with van der Waals surface area (Å²) in [5.74, 6) is 1.02. The molecule has 2 heterocycles. The molecule has 3 rings (SSSR count). The maximum Gasteiger partial charge on any atom is 0.300 e. The molecule has 0 radical (unpaired) electrons. The summed E-state index contributed by atoms with van der Waals surface area (Å²) < 4.78 is 3.36. The van der Waals surface area contributed by atoms with Crippen LogP contribution in [-0.4, -0.2) is 19.2 Å². The van der Waals surface area contributed by atoms with Crippen LogP contribution < -0.4 is 5.56 Å². The van der Waals surface area contributed by atoms with Crippen molar-refractivity contribution in [2.75, 3.05) is 0 Å². The van der Waals surface area contributed by atoms with Gasteiger partial charge in [0.25, 0.3) is 0 Å². The normalized spacial score (nSPS) is 11.4. The standard InChI is InChI=1S/C15H16N4O/c1-10(2)13-16-17-14-15(20)18(7-8-19(13)14)12-6-4-5-11(3)9-12/h4-10H,1-3H3. The van der Waals surface area contributed by atoms with E-state index in [1.54, 1.807) is 15.2 Å². The van der Waals surface area contributed by atoms with Crippen molar-refractivity contribution < 1.29 is 0 Å². The molecule has 5 nitrogen and oxygen atoms in total. The molecule has 3 aromatic rings. The quantitative estimate of drug-likeness (QED) is 0.716. The Labute approximate surface area is 116 Å². The van der Waals surface area contributed by atoms with E-state index < -0.39 is 0 Å². The van der Waals surface area contributed by atoms with Crippen LogP contribution in [0.4, 0.5) is 0 Å². The highest BCUT2D eigenvalue weighted by molar-refractivity contribution is 5.42. The molecule has 0 unspecified atom stereocenters. The third kappa shape index (κ3) is 1.91. The second kappa shape index (κ2) is 4.59. The second-order valence-corrected chi connectivity index (χ2v) is 5.22. The SMILES string of the molecule is Cc1cccc(-n2ccn3c(C(C)C)nnc3c2=O)c1. The fourth-order valence-electron chi connectivity index (χ4n) is 2.28. The smallest absolute Gasteiger partial charge is 0.280 e. The van der Waals surface area contributed by atoms with Gasteiger partial charge in [-0.1, -0.05) is 26.0 Å². The molecule has 0 atom stereocenters. The lowest BCUT2D eigenvalue weighted by Crippen LogP contribution is -2.20. The van der Waals surface area contributed by atoms with Crippen molar-refractivity contribution in [2.24, 2.45) is 0 Å². The minimum absolute atomic E-state index is 0.155. The number of hydrogen-bond donors (Lipinski definition) is 0. The van der Waals surface area contributed by atoms with Crippen molar-refractivity contribution in [3.8, 4) is 5.69 Å². The number of hydrogen-bond acceptors (Lipinski definition) is 3. The fraction of sp³-hybridized carbons (Fsp3) is 0.267. The predicted molar refractivity (Wildman–Crippen MR) is 77.4 cm³/mol. The van der Waals surface area contributed by atoms with E-state index in [9.17, 15) is 4.79 Å². The van der Waals surface area contributed by atoms with Crippen molar-refractivity contribution in [1.29, 1.82) is 0 Å². The molecular formula is C15H16N4O. The van der Waals surface area contributed by atoms with Crippen LogP contribution in [0, 0.1) is 6.92 Å². The summed E-state index contributed by atoms with van der Waals surface area (Å²) in [6.07, 6.45) is 3.60. The number of aryl methyl sites for hydroxylation is 1. The minimum Gasteiger partial charge on any atom is -0.280 e. The van der Waals surface area contributed by atoms with Crippen LogP contribution in [0.3, 0.4) is 0 Å². The second-order valence-electron chi connectivity index (χ2n) is 5.22. The minimum atomic E-state index is -0.155. The first-order valence-corrected chi connectivity index (χ1v) is 6.61. The summed E-state index contributed by atoms with van der Waals surface area (Å²) in [6, 6.07) is 7.81. The largest absolute Gasteiger partial charge is 0.300 e. The Morgan fingerprint density at radius 3 is 2.65 bits per heavy atom. The van der Waals surface area contributed by atoms with Crippen molar-refractivity contribution in [2.45, 2.75) is 26.7 Å². The molecule has 0 saturated heterocycles. The van der Waals surface area contributed by atoms with Gasteiger partial charge >= 0.3 is 5.56 Å². The van der Waals surface area contributed by atoms with Crippen LogP contribution in [0.2, 0.25) is 0 Å². The zero-order chi connectivity index (χ0) is 14.3. The summed E-state index contributed by atoms with van der Waals surface area (Å²) in [5, 5.41) is 8.14. The predicted octanol–water partition coefficient (Wildman–Crippen LogP) is 2.31. The van der Waals surface area contributed by atoms with Crippen LogP contribution in [-0.2, 0) is 0 Å². The Morgan fingerprint density at radius 1 is 1.15 bits per heavy atom. The molecule has 0 bridgehead atoms. The summed E-state index contributed by atoms with van der Waals surface area (Å²) >= 11 is 0. The molecule has 2 aromatic heterocycles. The summed E-state index contributed by atoms with van der Waals surface area (Å²) in [5.41, 5.74) is 2.15. The highest BCUT2D eigenvalue weighted by atomic mass is 16.1. The van der Waals surface area contributed by atoms with E-state index in [2.05, 4.69) is 10.2 Å². The van der Waals surface area contributed by atoms with Gasteiger partial charge in [0.2, 0.25) is 5.65 Å². The first kappa shape index (κ1) is 12.6. The lowest BCUT2D eigenvalue weighted by molar-refractivity contribution is 0.756. The van der Waals surface area contributed by atoms with Crippen molar-refractivity contribution >= 4 is 5.65 Å². The number of fused-ring (bicyclic) bond motifs is 1. The molecule has 0 fully saturated rings. The summed E-state index contributed by atoms with van der Waals surface area (Å²) in [6.45, 7) is 6.06. The molecular weight excluding hydrogens is 252 g/mol. The molecule has 0 amide bonds. The van der Waals surface area contributed by atoms with Gasteiger partial charge in [-0.2, -0.15) is 0 Å². The van der Waals surface area contributed by atoms with Crippen LogP contribution in [0.5, 0.6) is 0 Å². The topological polar surface area (TPSA) is 52.2 Å². The van der Waals surface area contributed by atoms with Gasteiger partial charge in [-0.15, -0.1) is 10.2 Å². The highest BCUT2D eigenvalue weighted by Gasteiger charge is 2.13. The average molecular weight is 268 g/mol. The van der Waals surface area contributed by atoms with Gasteiger partial charge in [-0.25, -0.2) is 0 Å². The molecule has 0 N–H and O–H groups in total. The molecule has 1 aromatic carbocycles. The average Bonchev–Trinajstić information content (AvgIpc) is 2.84. The Hall–Kier alpha value is -2.43. The molecule has 102 valence electrons. The Morgan fingerprint density at radius 2 is 1.95 bits per heavy atom. The van der Waals surface area contributed by atoms with Crippen LogP contribution in [0.15, 0.2) is 41.5 Å². The summed E-state index contributed by atoms with van der Waals surface area (Å²) in [7, 11) is 0. The number of benzene rings is 1. The lowest BCUT2D eigenvalue weighted by Gasteiger charge is -2.07. The molecule has 5 heteroatoms. The maximum absolute atomic E-state index is 12.5. The summed E-state index contributed by atoms with van der Waals surface area (Å²) in [4.78, 5) is 12.5. The van der Waals surface area contributed by atoms with Gasteiger partial charge in [0, 0.05) is 24.0 Å². The molecule has 20 heavy (non-hydrogen) atoms. The van der Waals surface area contributed by atoms with E-state index >= 15 is 0 Å². The van der Waals surface area contributed by atoms with Crippen molar-refractivity contribution in [3.63, 3.8) is 0 Å². The Bertz CT molecular complexity index is 829. The van der Waals surface area contributed by atoms with E-state index in [0.29, 0.717) is 5.65 Å². The maximum atomic E-state index is 12.5. The van der Waals surface area contributed by atoms with Gasteiger partial charge in [0.05, 0.1) is 0 Å². The zero-order valence-corrected chi connectivity index (χ0v) is 11.7. The van der Waals surface area contributed by atoms with Gasteiger partial charge in [-0.05, 0) is 24.6 Å². The van der Waals surface area contributed by atoms with E-state index in [4.69, 9.17) is 0 Å². The van der Waals surface area contributed by atoms with Crippen LogP contribution in [0.1, 0.15) is 31.2 Å². The van der Waals surface area contributed by atoms with Crippen molar-refractivity contribution in [1.82, 2.24) is 19.2 Å². The highest BCUT2D eigenvalue weighted by Crippen LogP contribution is 2.13. The molecule has 0 spiro atoms. The van der Waals surface area contributed by atoms with E-state index in [1.165, 1.54) is 0 Å². The van der Waals surface area contributed by atoms with E-state index in [-0.39, 0.29) is 11.5 Å². The number of aromatic nitrogens is 4. The number of rotatable bonds is 2. The monoisotopic (exact) mass is 268 g/mol. The lowest BCUT2D eigenvalue weighted by atomic mass is 10.2. The molecule has 0 aliphatic rings. The fourth-order valence-corrected chi connectivity index (χ4v) is 2.28. The van der Waals surface area contributed by atoms with Crippen LogP contribution >= 0.6 is 0 Å². The Balaban J connectivity index is 2.25. The van der Waals surface area contributed by atoms with Gasteiger partial charge in [0.15, 0.2) is 0 Å².